The highest BCUT2D eigenvalue weighted by Crippen LogP contribution is 2.27. The van der Waals surface area contributed by atoms with Gasteiger partial charge in [0.05, 0.1) is 6.61 Å². The van der Waals surface area contributed by atoms with Gasteiger partial charge in [0.2, 0.25) is 0 Å². The van der Waals surface area contributed by atoms with Gasteiger partial charge in [-0.2, -0.15) is 0 Å². The van der Waals surface area contributed by atoms with Crippen molar-refractivity contribution in [2.75, 3.05) is 18.6 Å². The maximum atomic E-state index is 11.0. The molecule has 5 heteroatoms. The van der Waals surface area contributed by atoms with Gasteiger partial charge in [-0.1, -0.05) is 18.2 Å². The molecule has 0 spiro atoms. The maximum absolute atomic E-state index is 11.0. The second-order valence-electron chi connectivity index (χ2n) is 4.37. The number of aliphatic carboxylic acids is 1. The molecule has 20 heavy (non-hydrogen) atoms. The van der Waals surface area contributed by atoms with E-state index in [2.05, 4.69) is 0 Å². The Morgan fingerprint density at radius 3 is 2.65 bits per heavy atom. The van der Waals surface area contributed by atoms with Gasteiger partial charge < -0.3 is 14.7 Å². The van der Waals surface area contributed by atoms with Crippen molar-refractivity contribution in [1.29, 1.82) is 0 Å². The van der Waals surface area contributed by atoms with Gasteiger partial charge in [-0.25, -0.2) is 4.79 Å². The van der Waals surface area contributed by atoms with Gasteiger partial charge in [-0.15, -0.1) is 0 Å². The molecule has 2 rings (SSSR count). The summed E-state index contributed by atoms with van der Waals surface area (Å²) in [5.74, 6) is -1.11. The van der Waals surface area contributed by atoms with Crippen LogP contribution in [0.15, 0.2) is 53.4 Å². The Bertz CT molecular complexity index is 575. The molecule has 0 aliphatic carbocycles. The number of carboxylic acids is 1. The molecule has 5 nitrogen and oxygen atoms in total. The number of benzene rings is 1. The van der Waals surface area contributed by atoms with Crippen LogP contribution in [0.25, 0.3) is 0 Å². The Hall–Kier alpha value is -2.56. The first-order chi connectivity index (χ1) is 9.63. The first-order valence-corrected chi connectivity index (χ1v) is 6.18. The van der Waals surface area contributed by atoms with E-state index in [1.807, 2.05) is 42.3 Å². The average Bonchev–Trinajstić information content (AvgIpc) is 2.88. The highest BCUT2D eigenvalue weighted by atomic mass is 16.5. The standard InChI is InChI=1S/C15H15NO4/c1-16(12-5-3-2-4-6-12)9-11-7-8-20-14(11)13(10-17)15(18)19/h2-6,9-10H,7-8H2,1H3,(H,18,19)/b11-9-,14-13-. The van der Waals surface area contributed by atoms with Crippen LogP contribution in [-0.2, 0) is 14.3 Å². The topological polar surface area (TPSA) is 66.8 Å². The van der Waals surface area contributed by atoms with Gasteiger partial charge >= 0.3 is 5.97 Å². The number of allylic oxidation sites excluding steroid dienone is 1. The fourth-order valence-electron chi connectivity index (χ4n) is 2.02. The van der Waals surface area contributed by atoms with E-state index in [0.717, 1.165) is 5.69 Å². The minimum absolute atomic E-state index is 0.162. The summed E-state index contributed by atoms with van der Waals surface area (Å²) < 4.78 is 5.29. The minimum Gasteiger partial charge on any atom is -0.492 e. The van der Waals surface area contributed by atoms with Gasteiger partial charge in [0.25, 0.3) is 0 Å². The van der Waals surface area contributed by atoms with Gasteiger partial charge in [-0.05, 0) is 12.1 Å². The average molecular weight is 273 g/mol. The molecule has 1 aromatic rings. The van der Waals surface area contributed by atoms with Gasteiger partial charge in [0.1, 0.15) is 11.3 Å². The zero-order chi connectivity index (χ0) is 14.5. The van der Waals surface area contributed by atoms with E-state index in [1.165, 1.54) is 0 Å². The molecule has 0 saturated carbocycles. The first-order valence-electron chi connectivity index (χ1n) is 6.18. The lowest BCUT2D eigenvalue weighted by Crippen LogP contribution is -2.11. The van der Waals surface area contributed by atoms with Gasteiger partial charge in [0, 0.05) is 30.9 Å². The van der Waals surface area contributed by atoms with E-state index in [0.29, 0.717) is 24.9 Å². The molecule has 104 valence electrons. The predicted octanol–water partition coefficient (Wildman–Crippen LogP) is 1.96. The van der Waals surface area contributed by atoms with Crippen molar-refractivity contribution in [3.63, 3.8) is 0 Å². The molecule has 0 radical (unpaired) electrons. The van der Waals surface area contributed by atoms with Crippen LogP contribution < -0.4 is 4.90 Å². The molecule has 0 atom stereocenters. The fraction of sp³-hybridized carbons (Fsp3) is 0.200. The summed E-state index contributed by atoms with van der Waals surface area (Å²) in [7, 11) is 1.86. The Morgan fingerprint density at radius 2 is 2.05 bits per heavy atom. The number of para-hydroxylation sites is 1. The Morgan fingerprint density at radius 1 is 1.35 bits per heavy atom. The first kappa shape index (κ1) is 13.9. The van der Waals surface area contributed by atoms with Crippen molar-refractivity contribution >= 4 is 17.9 Å². The van der Waals surface area contributed by atoms with Crippen molar-refractivity contribution < 1.29 is 19.4 Å². The van der Waals surface area contributed by atoms with Crippen LogP contribution in [0.3, 0.4) is 0 Å². The number of anilines is 1. The number of ether oxygens (including phenoxy) is 1. The van der Waals surface area contributed by atoms with E-state index >= 15 is 0 Å². The third-order valence-electron chi connectivity index (χ3n) is 3.02. The summed E-state index contributed by atoms with van der Waals surface area (Å²) >= 11 is 0. The molecular weight excluding hydrogens is 258 g/mol. The fourth-order valence-corrected chi connectivity index (χ4v) is 2.02. The summed E-state index contributed by atoms with van der Waals surface area (Å²) in [6, 6.07) is 9.63. The van der Waals surface area contributed by atoms with Gasteiger partial charge in [-0.3, -0.25) is 4.79 Å². The Labute approximate surface area is 116 Å². The van der Waals surface area contributed by atoms with Crippen LogP contribution in [0.5, 0.6) is 0 Å². The largest absolute Gasteiger partial charge is 0.492 e. The van der Waals surface area contributed by atoms with E-state index in [4.69, 9.17) is 9.84 Å². The van der Waals surface area contributed by atoms with Crippen LogP contribution in [0.4, 0.5) is 5.69 Å². The molecule has 1 fully saturated rings. The number of carboxylic acid groups (broad SMARTS) is 1. The predicted molar refractivity (Wildman–Crippen MR) is 74.2 cm³/mol. The number of nitrogens with zero attached hydrogens (tertiary/aromatic N) is 1. The summed E-state index contributed by atoms with van der Waals surface area (Å²) in [4.78, 5) is 23.8. The summed E-state index contributed by atoms with van der Waals surface area (Å²) in [6.07, 6.45) is 2.70. The molecule has 1 heterocycles. The van der Waals surface area contributed by atoms with Crippen LogP contribution >= 0.6 is 0 Å². The van der Waals surface area contributed by atoms with Crippen LogP contribution in [-0.4, -0.2) is 31.0 Å². The van der Waals surface area contributed by atoms with Crippen LogP contribution in [0, 0.1) is 0 Å². The summed E-state index contributed by atoms with van der Waals surface area (Å²) in [5, 5.41) is 8.99. The maximum Gasteiger partial charge on any atom is 0.342 e. The molecule has 1 aliphatic heterocycles. The summed E-state index contributed by atoms with van der Waals surface area (Å²) in [6.45, 7) is 0.383. The highest BCUT2D eigenvalue weighted by molar-refractivity contribution is 6.07. The van der Waals surface area contributed by atoms with E-state index < -0.39 is 5.97 Å². The number of hydrogen-bond acceptors (Lipinski definition) is 4. The zero-order valence-corrected chi connectivity index (χ0v) is 11.1. The molecule has 0 unspecified atom stereocenters. The number of carbonyl (C=O) groups excluding carboxylic acids is 1. The second-order valence-corrected chi connectivity index (χ2v) is 4.37. The van der Waals surface area contributed by atoms with Crippen LogP contribution in [0.1, 0.15) is 6.42 Å². The lowest BCUT2D eigenvalue weighted by molar-refractivity contribution is -0.133. The Kier molecular flexibility index (Phi) is 4.20. The molecule has 1 aromatic carbocycles. The van der Waals surface area contributed by atoms with Crippen molar-refractivity contribution in [2.24, 2.45) is 0 Å². The summed E-state index contributed by atoms with van der Waals surface area (Å²) in [5.41, 5.74) is 1.34. The number of hydrogen-bond donors (Lipinski definition) is 1. The quantitative estimate of drug-likeness (QED) is 0.393. The lowest BCUT2D eigenvalue weighted by atomic mass is 10.1. The van der Waals surface area contributed by atoms with Crippen molar-refractivity contribution in [2.45, 2.75) is 6.42 Å². The van der Waals surface area contributed by atoms with Crippen LogP contribution in [0.2, 0.25) is 0 Å². The normalized spacial score (nSPS) is 18.6. The monoisotopic (exact) mass is 273 g/mol. The number of carbonyl (C=O) groups is 2. The molecule has 1 aliphatic rings. The number of rotatable bonds is 4. The van der Waals surface area contributed by atoms with E-state index in [1.54, 1.807) is 6.20 Å². The molecule has 0 amide bonds. The van der Waals surface area contributed by atoms with Crippen molar-refractivity contribution in [1.82, 2.24) is 0 Å². The van der Waals surface area contributed by atoms with Crippen molar-refractivity contribution in [3.8, 4) is 0 Å². The third-order valence-corrected chi connectivity index (χ3v) is 3.02. The SMILES string of the molecule is CN(/C=C1/CCO/C1=C(/C=O)C(=O)O)c1ccccc1. The smallest absolute Gasteiger partial charge is 0.342 e. The third kappa shape index (κ3) is 2.88. The number of aldehydes is 1. The molecule has 1 saturated heterocycles. The van der Waals surface area contributed by atoms with E-state index in [-0.39, 0.29) is 11.3 Å². The Balaban J connectivity index is 2.34. The minimum atomic E-state index is -1.27. The molecule has 0 aromatic heterocycles. The highest BCUT2D eigenvalue weighted by Gasteiger charge is 2.24. The van der Waals surface area contributed by atoms with E-state index in [9.17, 15) is 9.59 Å². The second kappa shape index (κ2) is 6.06. The zero-order valence-electron chi connectivity index (χ0n) is 11.1. The van der Waals surface area contributed by atoms with Gasteiger partial charge in [0.15, 0.2) is 6.29 Å². The molecular formula is C15H15NO4. The molecule has 1 N–H and O–H groups in total. The lowest BCUT2D eigenvalue weighted by Gasteiger charge is -2.15. The van der Waals surface area contributed by atoms with Crippen molar-refractivity contribution in [3.05, 3.63) is 53.4 Å². The molecule has 0 bridgehead atoms.